The Balaban J connectivity index is 1.62. The van der Waals surface area contributed by atoms with Gasteiger partial charge in [-0.05, 0) is 19.8 Å². The molecule has 2 fully saturated rings. The third-order valence-corrected chi connectivity index (χ3v) is 6.90. The van der Waals surface area contributed by atoms with Gasteiger partial charge >= 0.3 is 12.1 Å². The number of amides is 2. The van der Waals surface area contributed by atoms with Gasteiger partial charge < -0.3 is 19.6 Å². The van der Waals surface area contributed by atoms with Gasteiger partial charge in [0, 0.05) is 45.3 Å². The van der Waals surface area contributed by atoms with Crippen molar-refractivity contribution in [2.24, 2.45) is 0 Å². The van der Waals surface area contributed by atoms with E-state index in [4.69, 9.17) is 22.1 Å². The Kier molecular flexibility index (Phi) is 11.9. The van der Waals surface area contributed by atoms with Gasteiger partial charge in [0.25, 0.3) is 5.91 Å². The molecule has 0 atom stereocenters. The second kappa shape index (κ2) is 14.4. The average Bonchev–Trinajstić information content (AvgIpc) is 3.02. The zero-order valence-corrected chi connectivity index (χ0v) is 20.6. The molecule has 0 aromatic rings. The van der Waals surface area contributed by atoms with Gasteiger partial charge in [0.15, 0.2) is 0 Å². The molecule has 1 N–H and O–H groups in total. The fraction of sp³-hybridized carbons (Fsp3) is 0.727. The van der Waals surface area contributed by atoms with Crippen LogP contribution in [-0.4, -0.2) is 81.4 Å². The van der Waals surface area contributed by atoms with Gasteiger partial charge in [-0.25, -0.2) is 4.79 Å². The minimum Gasteiger partial charge on any atom is -0.481 e. The molecule has 32 heavy (non-hydrogen) atoms. The van der Waals surface area contributed by atoms with Crippen molar-refractivity contribution in [2.45, 2.75) is 64.7 Å². The molecular formula is C22H35N3O5S2. The Hall–Kier alpha value is -1.81. The number of aliphatic carboxylic acids is 1. The number of thioether (sulfide) groups is 1. The summed E-state index contributed by atoms with van der Waals surface area (Å²) in [4.78, 5) is 41.1. The number of nitrogens with zero attached hydrogens (tertiary/aromatic N) is 3. The summed E-state index contributed by atoms with van der Waals surface area (Å²) in [5.41, 5.74) is 0. The molecule has 2 aliphatic heterocycles. The maximum atomic E-state index is 12.8. The summed E-state index contributed by atoms with van der Waals surface area (Å²) in [5.74, 6) is -0.738. The van der Waals surface area contributed by atoms with Crippen molar-refractivity contribution in [3.8, 4) is 0 Å². The quantitative estimate of drug-likeness (QED) is 0.237. The predicted molar refractivity (Wildman–Crippen MR) is 129 cm³/mol. The number of carbonyl (C=O) groups excluding carboxylic acids is 2. The lowest BCUT2D eigenvalue weighted by Gasteiger charge is -2.33. The summed E-state index contributed by atoms with van der Waals surface area (Å²) < 4.78 is 5.65. The van der Waals surface area contributed by atoms with Crippen molar-refractivity contribution >= 4 is 46.3 Å². The monoisotopic (exact) mass is 485 g/mol. The molecule has 2 aliphatic rings. The van der Waals surface area contributed by atoms with Gasteiger partial charge in [0.1, 0.15) is 4.32 Å². The molecule has 180 valence electrons. The van der Waals surface area contributed by atoms with E-state index >= 15 is 0 Å². The Bertz CT molecular complexity index is 693. The van der Waals surface area contributed by atoms with Gasteiger partial charge in [-0.1, -0.05) is 62.5 Å². The van der Waals surface area contributed by atoms with E-state index in [-0.39, 0.29) is 18.4 Å². The highest BCUT2D eigenvalue weighted by molar-refractivity contribution is 8.26. The number of carboxylic acids is 1. The van der Waals surface area contributed by atoms with Gasteiger partial charge in [0.05, 0.1) is 11.5 Å². The second-order valence-corrected chi connectivity index (χ2v) is 9.69. The van der Waals surface area contributed by atoms with Crippen molar-refractivity contribution in [2.75, 3.05) is 39.3 Å². The molecule has 0 bridgehead atoms. The number of carboxylic acid groups (broad SMARTS) is 1. The number of carbonyl (C=O) groups is 3. The second-order valence-electron chi connectivity index (χ2n) is 8.01. The summed E-state index contributed by atoms with van der Waals surface area (Å²) in [6, 6.07) is 0. The van der Waals surface area contributed by atoms with E-state index in [2.05, 4.69) is 4.90 Å². The Labute approximate surface area is 200 Å². The minimum atomic E-state index is -0.716. The molecule has 0 unspecified atom stereocenters. The van der Waals surface area contributed by atoms with Gasteiger partial charge in [-0.3, -0.25) is 14.5 Å². The first-order valence-corrected chi connectivity index (χ1v) is 12.8. The highest BCUT2D eigenvalue weighted by atomic mass is 32.2. The number of thiocarbonyl (C=S) groups is 1. The molecule has 8 nitrogen and oxygen atoms in total. The number of unbranched alkanes of at least 4 members (excludes halogenated alkanes) is 7. The minimum absolute atomic E-state index is 0.0220. The number of ether oxygens (including phenoxy) is 1. The van der Waals surface area contributed by atoms with Crippen LogP contribution in [0.25, 0.3) is 0 Å². The van der Waals surface area contributed by atoms with Crippen molar-refractivity contribution in [1.29, 1.82) is 0 Å². The largest absolute Gasteiger partial charge is 0.481 e. The van der Waals surface area contributed by atoms with Gasteiger partial charge in [-0.15, -0.1) is 0 Å². The summed E-state index contributed by atoms with van der Waals surface area (Å²) >= 11 is 6.77. The lowest BCUT2D eigenvalue weighted by atomic mass is 10.1. The average molecular weight is 486 g/mol. The molecule has 0 aromatic heterocycles. The molecule has 2 amide bonds. The third-order valence-electron chi connectivity index (χ3n) is 5.54. The molecule has 0 aliphatic carbocycles. The van der Waals surface area contributed by atoms with Gasteiger partial charge in [0.2, 0.25) is 0 Å². The summed E-state index contributed by atoms with van der Waals surface area (Å²) in [7, 11) is 0. The SMILES string of the molecule is CCOC(=O)N1CCN(C=C2SC(=S)N(CCCCCCCCCCC(=O)O)C2=O)CC1. The van der Waals surface area contributed by atoms with Crippen LogP contribution in [0.5, 0.6) is 0 Å². The molecule has 0 aromatic carbocycles. The number of rotatable bonds is 13. The maximum Gasteiger partial charge on any atom is 0.409 e. The van der Waals surface area contributed by atoms with Crippen molar-refractivity contribution in [3.63, 3.8) is 0 Å². The van der Waals surface area contributed by atoms with Crippen LogP contribution in [0.15, 0.2) is 11.1 Å². The smallest absolute Gasteiger partial charge is 0.409 e. The number of piperazine rings is 1. The number of hydrogen-bond acceptors (Lipinski definition) is 7. The number of hydrogen-bond donors (Lipinski definition) is 1. The standard InChI is InChI=1S/C22H35N3O5S2/c1-2-30-21(29)24-15-13-23(14-16-24)17-18-20(28)25(22(31)32-18)12-10-8-6-4-3-5-7-9-11-19(26)27/h17H,2-16H2,1H3,(H,26,27). The summed E-state index contributed by atoms with van der Waals surface area (Å²) in [6.45, 7) is 5.31. The lowest BCUT2D eigenvalue weighted by Crippen LogP contribution is -2.47. The zero-order valence-electron chi connectivity index (χ0n) is 18.9. The lowest BCUT2D eigenvalue weighted by molar-refractivity contribution is -0.137. The normalized spacial score (nSPS) is 18.0. The van der Waals surface area contributed by atoms with E-state index in [1.807, 2.05) is 6.20 Å². The third kappa shape index (κ3) is 8.97. The van der Waals surface area contributed by atoms with Crippen LogP contribution in [-0.2, 0) is 14.3 Å². The first kappa shape index (κ1) is 26.4. The fourth-order valence-corrected chi connectivity index (χ4v) is 5.02. The highest BCUT2D eigenvalue weighted by Crippen LogP contribution is 2.31. The Morgan fingerprint density at radius 1 is 1.03 bits per heavy atom. The molecular weight excluding hydrogens is 450 g/mol. The Morgan fingerprint density at radius 2 is 1.62 bits per heavy atom. The van der Waals surface area contributed by atoms with Crippen LogP contribution in [0.4, 0.5) is 4.79 Å². The van der Waals surface area contributed by atoms with Crippen LogP contribution in [0.2, 0.25) is 0 Å². The molecule has 2 rings (SSSR count). The molecule has 2 saturated heterocycles. The highest BCUT2D eigenvalue weighted by Gasteiger charge is 2.32. The molecule has 0 saturated carbocycles. The van der Waals surface area contributed by atoms with Crippen LogP contribution in [0.3, 0.4) is 0 Å². The van der Waals surface area contributed by atoms with E-state index in [0.717, 1.165) is 51.4 Å². The Morgan fingerprint density at radius 3 is 2.22 bits per heavy atom. The topological polar surface area (TPSA) is 90.4 Å². The predicted octanol–water partition coefficient (Wildman–Crippen LogP) is 4.06. The first-order valence-electron chi connectivity index (χ1n) is 11.6. The maximum absolute atomic E-state index is 12.8. The van der Waals surface area contributed by atoms with Crippen molar-refractivity contribution < 1.29 is 24.2 Å². The van der Waals surface area contributed by atoms with Crippen LogP contribution < -0.4 is 0 Å². The van der Waals surface area contributed by atoms with Crippen molar-refractivity contribution in [3.05, 3.63) is 11.1 Å². The summed E-state index contributed by atoms with van der Waals surface area (Å²) in [6.07, 6.45) is 10.1. The van der Waals surface area contributed by atoms with Crippen LogP contribution in [0.1, 0.15) is 64.7 Å². The van der Waals surface area contributed by atoms with Gasteiger partial charge in [-0.2, -0.15) is 0 Å². The zero-order chi connectivity index (χ0) is 23.3. The van der Waals surface area contributed by atoms with Crippen LogP contribution >= 0.6 is 24.0 Å². The molecule has 0 radical (unpaired) electrons. The van der Waals surface area contributed by atoms with E-state index in [1.54, 1.807) is 16.7 Å². The van der Waals surface area contributed by atoms with Crippen LogP contribution in [0, 0.1) is 0 Å². The summed E-state index contributed by atoms with van der Waals surface area (Å²) in [5, 5.41) is 8.62. The van der Waals surface area contributed by atoms with E-state index in [0.29, 0.717) is 48.6 Å². The van der Waals surface area contributed by atoms with E-state index in [1.165, 1.54) is 11.8 Å². The molecule has 0 spiro atoms. The first-order chi connectivity index (χ1) is 15.4. The molecule has 2 heterocycles. The van der Waals surface area contributed by atoms with Crippen molar-refractivity contribution in [1.82, 2.24) is 14.7 Å². The fourth-order valence-electron chi connectivity index (χ4n) is 3.70. The molecule has 10 heteroatoms. The van der Waals surface area contributed by atoms with E-state index in [9.17, 15) is 14.4 Å². The van der Waals surface area contributed by atoms with E-state index < -0.39 is 5.97 Å².